The normalized spacial score (nSPS) is 12.1. The fraction of sp³-hybridized carbons (Fsp3) is 0.930. The lowest BCUT2D eigenvalue weighted by Gasteiger charge is -2.18. The van der Waals surface area contributed by atoms with Crippen molar-refractivity contribution in [1.82, 2.24) is 0 Å². The fourth-order valence-corrected chi connectivity index (χ4v) is 6.22. The number of hydrogen-bond donors (Lipinski definition) is 0. The van der Waals surface area contributed by atoms with Gasteiger partial charge in [-0.2, -0.15) is 0 Å². The minimum atomic E-state index is -0.758. The van der Waals surface area contributed by atoms with E-state index in [0.29, 0.717) is 19.3 Å². The molecule has 0 unspecified atom stereocenters. The molecule has 6 heteroatoms. The predicted molar refractivity (Wildman–Crippen MR) is 206 cm³/mol. The Labute approximate surface area is 304 Å². The first kappa shape index (κ1) is 47.4. The van der Waals surface area contributed by atoms with Crippen molar-refractivity contribution in [3.63, 3.8) is 0 Å². The van der Waals surface area contributed by atoms with Gasteiger partial charge in [0.25, 0.3) is 0 Å². The quantitative estimate of drug-likeness (QED) is 0.0366. The van der Waals surface area contributed by atoms with Crippen molar-refractivity contribution >= 4 is 17.9 Å². The van der Waals surface area contributed by atoms with E-state index >= 15 is 0 Å². The molecule has 0 heterocycles. The predicted octanol–water partition coefficient (Wildman–Crippen LogP) is 13.0. The van der Waals surface area contributed by atoms with Gasteiger partial charge in [0.15, 0.2) is 6.10 Å². The number of esters is 3. The van der Waals surface area contributed by atoms with Crippen LogP contribution >= 0.6 is 0 Å². The molecule has 0 N–H and O–H groups in total. The van der Waals surface area contributed by atoms with Crippen LogP contribution < -0.4 is 0 Å². The summed E-state index contributed by atoms with van der Waals surface area (Å²) in [4.78, 5) is 37.3. The second kappa shape index (κ2) is 36.2. The number of rotatable bonds is 37. The summed E-state index contributed by atoms with van der Waals surface area (Å²) in [6.45, 7) is 11.2. The molecule has 0 radical (unpaired) electrons. The summed E-state index contributed by atoms with van der Waals surface area (Å²) in [5.41, 5.74) is 0. The molecule has 0 aromatic rings. The molecular formula is C43H82O6. The maximum Gasteiger partial charge on any atom is 0.306 e. The molecule has 0 aromatic carbocycles. The number of hydrogen-bond acceptors (Lipinski definition) is 6. The minimum Gasteiger partial charge on any atom is -0.462 e. The Morgan fingerprint density at radius 1 is 0.388 bits per heavy atom. The fourth-order valence-electron chi connectivity index (χ4n) is 6.22. The standard InChI is InChI=1S/C43H82O6/c1-6-7-8-21-30-35-43(46)49-40(37-48-42(45)34-29-25-20-16-12-14-18-23-27-32-39(4)5)36-47-41(44)33-28-24-19-15-11-9-10-13-17-22-26-31-38(2)3/h38-40H,6-37H2,1-5H3/t40-/m1/s1. The Hall–Kier alpha value is -1.59. The molecular weight excluding hydrogens is 612 g/mol. The van der Waals surface area contributed by atoms with Crippen molar-refractivity contribution in [2.24, 2.45) is 11.8 Å². The molecule has 0 bridgehead atoms. The first-order valence-electron chi connectivity index (χ1n) is 21.2. The molecule has 0 aromatic heterocycles. The first-order valence-corrected chi connectivity index (χ1v) is 21.2. The van der Waals surface area contributed by atoms with Crippen molar-refractivity contribution < 1.29 is 28.6 Å². The summed E-state index contributed by atoms with van der Waals surface area (Å²) in [6, 6.07) is 0. The lowest BCUT2D eigenvalue weighted by atomic mass is 10.0. The van der Waals surface area contributed by atoms with Gasteiger partial charge in [-0.1, -0.05) is 189 Å². The van der Waals surface area contributed by atoms with Gasteiger partial charge < -0.3 is 14.2 Å². The topological polar surface area (TPSA) is 78.9 Å². The molecule has 0 spiro atoms. The highest BCUT2D eigenvalue weighted by Gasteiger charge is 2.19. The summed E-state index contributed by atoms with van der Waals surface area (Å²) >= 11 is 0. The molecule has 0 fully saturated rings. The van der Waals surface area contributed by atoms with E-state index in [1.165, 1.54) is 109 Å². The van der Waals surface area contributed by atoms with E-state index in [2.05, 4.69) is 34.6 Å². The number of carbonyl (C=O) groups excluding carboxylic acids is 3. The van der Waals surface area contributed by atoms with Crippen LogP contribution in [0.5, 0.6) is 0 Å². The molecule has 6 nitrogen and oxygen atoms in total. The molecule has 0 aliphatic heterocycles. The van der Waals surface area contributed by atoms with E-state index in [0.717, 1.165) is 76.0 Å². The Balaban J connectivity index is 4.18. The van der Waals surface area contributed by atoms with Crippen LogP contribution in [0.3, 0.4) is 0 Å². The summed E-state index contributed by atoms with van der Waals surface area (Å²) < 4.78 is 16.6. The zero-order valence-corrected chi connectivity index (χ0v) is 33.3. The maximum atomic E-state index is 12.5. The van der Waals surface area contributed by atoms with Gasteiger partial charge >= 0.3 is 17.9 Å². The van der Waals surface area contributed by atoms with Crippen LogP contribution in [0.25, 0.3) is 0 Å². The van der Waals surface area contributed by atoms with Crippen molar-refractivity contribution in [1.29, 1.82) is 0 Å². The lowest BCUT2D eigenvalue weighted by molar-refractivity contribution is -0.167. The van der Waals surface area contributed by atoms with E-state index in [1.807, 2.05) is 0 Å². The van der Waals surface area contributed by atoms with Crippen molar-refractivity contribution in [2.75, 3.05) is 13.2 Å². The van der Waals surface area contributed by atoms with Gasteiger partial charge in [-0.3, -0.25) is 14.4 Å². The molecule has 49 heavy (non-hydrogen) atoms. The highest BCUT2D eigenvalue weighted by atomic mass is 16.6. The van der Waals surface area contributed by atoms with E-state index < -0.39 is 6.10 Å². The van der Waals surface area contributed by atoms with Gasteiger partial charge in [0.05, 0.1) is 0 Å². The third-order valence-corrected chi connectivity index (χ3v) is 9.47. The second-order valence-electron chi connectivity index (χ2n) is 15.6. The van der Waals surface area contributed by atoms with Crippen LogP contribution in [-0.4, -0.2) is 37.2 Å². The van der Waals surface area contributed by atoms with Crippen molar-refractivity contribution in [3.05, 3.63) is 0 Å². The van der Waals surface area contributed by atoms with Gasteiger partial charge in [0, 0.05) is 19.3 Å². The van der Waals surface area contributed by atoms with Crippen LogP contribution in [0.2, 0.25) is 0 Å². The molecule has 0 aliphatic carbocycles. The molecule has 1 atom stereocenters. The lowest BCUT2D eigenvalue weighted by Crippen LogP contribution is -2.30. The second-order valence-corrected chi connectivity index (χ2v) is 15.6. The largest absolute Gasteiger partial charge is 0.462 e. The highest BCUT2D eigenvalue weighted by Crippen LogP contribution is 2.16. The number of ether oxygens (including phenoxy) is 3. The van der Waals surface area contributed by atoms with Gasteiger partial charge in [0.2, 0.25) is 0 Å². The zero-order valence-electron chi connectivity index (χ0n) is 33.3. The maximum absolute atomic E-state index is 12.5. The van der Waals surface area contributed by atoms with E-state index in [1.54, 1.807) is 0 Å². The van der Waals surface area contributed by atoms with Crippen LogP contribution in [0.1, 0.15) is 227 Å². The summed E-state index contributed by atoms with van der Waals surface area (Å²) in [6.07, 6.45) is 32.6. The number of unbranched alkanes of at least 4 members (excludes halogenated alkanes) is 22. The van der Waals surface area contributed by atoms with Crippen molar-refractivity contribution in [2.45, 2.75) is 233 Å². The van der Waals surface area contributed by atoms with Crippen LogP contribution in [-0.2, 0) is 28.6 Å². The Bertz CT molecular complexity index is 749. The third kappa shape index (κ3) is 37.5. The van der Waals surface area contributed by atoms with Gasteiger partial charge in [-0.05, 0) is 31.1 Å². The van der Waals surface area contributed by atoms with Gasteiger partial charge in [-0.25, -0.2) is 0 Å². The molecule has 0 saturated heterocycles. The molecule has 290 valence electrons. The smallest absolute Gasteiger partial charge is 0.306 e. The summed E-state index contributed by atoms with van der Waals surface area (Å²) in [5, 5.41) is 0. The molecule has 0 saturated carbocycles. The summed E-state index contributed by atoms with van der Waals surface area (Å²) in [7, 11) is 0. The first-order chi connectivity index (χ1) is 23.7. The zero-order chi connectivity index (χ0) is 36.2. The molecule has 0 rings (SSSR count). The minimum absolute atomic E-state index is 0.0668. The van der Waals surface area contributed by atoms with E-state index in [9.17, 15) is 14.4 Å². The average Bonchev–Trinajstić information content (AvgIpc) is 3.06. The van der Waals surface area contributed by atoms with Crippen LogP contribution in [0.15, 0.2) is 0 Å². The molecule has 0 amide bonds. The Morgan fingerprint density at radius 2 is 0.673 bits per heavy atom. The SMILES string of the molecule is CCCCCCCC(=O)O[C@H](COC(=O)CCCCCCCCCCCCCC(C)C)COC(=O)CCCCCCCCCCCC(C)C. The number of carbonyl (C=O) groups is 3. The Kier molecular flexibility index (Phi) is 35.0. The van der Waals surface area contributed by atoms with Crippen LogP contribution in [0.4, 0.5) is 0 Å². The van der Waals surface area contributed by atoms with Crippen LogP contribution in [0, 0.1) is 11.8 Å². The van der Waals surface area contributed by atoms with Gasteiger partial charge in [0.1, 0.15) is 13.2 Å². The van der Waals surface area contributed by atoms with Gasteiger partial charge in [-0.15, -0.1) is 0 Å². The monoisotopic (exact) mass is 695 g/mol. The third-order valence-electron chi connectivity index (χ3n) is 9.47. The highest BCUT2D eigenvalue weighted by molar-refractivity contribution is 5.71. The van der Waals surface area contributed by atoms with E-state index in [4.69, 9.17) is 14.2 Å². The average molecular weight is 695 g/mol. The van der Waals surface area contributed by atoms with Crippen molar-refractivity contribution in [3.8, 4) is 0 Å². The molecule has 0 aliphatic rings. The Morgan fingerprint density at radius 3 is 1.00 bits per heavy atom. The van der Waals surface area contributed by atoms with E-state index in [-0.39, 0.29) is 31.1 Å². The summed E-state index contributed by atoms with van der Waals surface area (Å²) in [5.74, 6) is 0.759.